The molecule has 1 saturated carbocycles. The van der Waals surface area contributed by atoms with Crippen LogP contribution in [0, 0.1) is 12.8 Å². The molecule has 1 fully saturated rings. The van der Waals surface area contributed by atoms with Gasteiger partial charge in [0.2, 0.25) is 5.91 Å². The highest BCUT2D eigenvalue weighted by Crippen LogP contribution is 2.29. The van der Waals surface area contributed by atoms with Gasteiger partial charge in [0.05, 0.1) is 12.3 Å². The summed E-state index contributed by atoms with van der Waals surface area (Å²) in [5.74, 6) is 0.935. The molecule has 144 valence electrons. The van der Waals surface area contributed by atoms with Gasteiger partial charge in [-0.15, -0.1) is 5.10 Å². The zero-order chi connectivity index (χ0) is 19.5. The number of nitrogens with zero attached hydrogens (tertiary/aromatic N) is 3. The van der Waals surface area contributed by atoms with Gasteiger partial charge in [-0.1, -0.05) is 42.3 Å². The van der Waals surface area contributed by atoms with Crippen molar-refractivity contribution in [3.8, 4) is 23.1 Å². The fourth-order valence-corrected chi connectivity index (χ4v) is 3.18. The Hall–Kier alpha value is -3.15. The average molecular weight is 376 g/mol. The van der Waals surface area contributed by atoms with Gasteiger partial charge < -0.3 is 10.1 Å². The number of carbonyl (C=O) groups excluding carboxylic acids is 1. The summed E-state index contributed by atoms with van der Waals surface area (Å²) in [7, 11) is 0. The monoisotopic (exact) mass is 376 g/mol. The molecule has 6 heteroatoms. The van der Waals surface area contributed by atoms with Crippen molar-refractivity contribution < 1.29 is 9.53 Å². The number of carbonyl (C=O) groups is 1. The van der Waals surface area contributed by atoms with Crippen LogP contribution < -0.4 is 10.1 Å². The van der Waals surface area contributed by atoms with Crippen molar-refractivity contribution in [3.63, 3.8) is 0 Å². The molecule has 0 saturated heterocycles. The maximum Gasteiger partial charge on any atom is 0.336 e. The number of aromatic nitrogens is 3. The van der Waals surface area contributed by atoms with E-state index in [2.05, 4.69) is 15.4 Å². The molecule has 1 N–H and O–H groups in total. The predicted octanol–water partition coefficient (Wildman–Crippen LogP) is 4.38. The molecule has 6 nitrogen and oxygen atoms in total. The molecule has 1 aliphatic carbocycles. The first-order valence-corrected chi connectivity index (χ1v) is 9.72. The molecular formula is C22H24N4O2. The maximum atomic E-state index is 12.3. The summed E-state index contributed by atoms with van der Waals surface area (Å²) in [6.45, 7) is 4.45. The highest BCUT2D eigenvalue weighted by molar-refractivity contribution is 5.93. The van der Waals surface area contributed by atoms with Crippen LogP contribution >= 0.6 is 0 Å². The Kier molecular flexibility index (Phi) is 5.10. The third-order valence-electron chi connectivity index (χ3n) is 5.01. The Balaban J connectivity index is 1.68. The Bertz CT molecular complexity index is 974. The van der Waals surface area contributed by atoms with Crippen LogP contribution in [0.5, 0.6) is 6.01 Å². The van der Waals surface area contributed by atoms with Gasteiger partial charge in [0, 0.05) is 17.2 Å². The Morgan fingerprint density at radius 2 is 2.00 bits per heavy atom. The number of rotatable bonds is 6. The van der Waals surface area contributed by atoms with Gasteiger partial charge in [-0.25, -0.2) is 4.68 Å². The second-order valence-electron chi connectivity index (χ2n) is 7.10. The topological polar surface area (TPSA) is 69.0 Å². The highest BCUT2D eigenvalue weighted by atomic mass is 16.5. The van der Waals surface area contributed by atoms with Gasteiger partial charge in [-0.2, -0.15) is 4.98 Å². The summed E-state index contributed by atoms with van der Waals surface area (Å²) < 4.78 is 7.29. The molecule has 1 aromatic heterocycles. The van der Waals surface area contributed by atoms with Crippen molar-refractivity contribution in [1.29, 1.82) is 0 Å². The lowest BCUT2D eigenvalue weighted by molar-refractivity contribution is -0.122. The first-order chi connectivity index (χ1) is 13.6. The van der Waals surface area contributed by atoms with E-state index in [1.165, 1.54) is 5.56 Å². The van der Waals surface area contributed by atoms with E-state index in [4.69, 9.17) is 4.74 Å². The van der Waals surface area contributed by atoms with Crippen molar-refractivity contribution in [1.82, 2.24) is 14.8 Å². The lowest BCUT2D eigenvalue weighted by Gasteiger charge is -2.24. The Morgan fingerprint density at radius 1 is 1.21 bits per heavy atom. The van der Waals surface area contributed by atoms with Crippen molar-refractivity contribution in [3.05, 3.63) is 54.1 Å². The lowest BCUT2D eigenvalue weighted by atomic mass is 9.85. The molecule has 2 aromatic carbocycles. The molecule has 0 radical (unpaired) electrons. The highest BCUT2D eigenvalue weighted by Gasteiger charge is 2.25. The second-order valence-corrected chi connectivity index (χ2v) is 7.10. The van der Waals surface area contributed by atoms with Crippen LogP contribution in [-0.2, 0) is 4.79 Å². The molecular weight excluding hydrogens is 352 g/mol. The van der Waals surface area contributed by atoms with Gasteiger partial charge in [-0.3, -0.25) is 4.79 Å². The summed E-state index contributed by atoms with van der Waals surface area (Å²) in [6, 6.07) is 16.1. The number of ether oxygens (including phenoxy) is 1. The smallest absolute Gasteiger partial charge is 0.336 e. The summed E-state index contributed by atoms with van der Waals surface area (Å²) in [5, 5.41) is 7.54. The third-order valence-corrected chi connectivity index (χ3v) is 5.01. The summed E-state index contributed by atoms with van der Waals surface area (Å²) >= 11 is 0. The van der Waals surface area contributed by atoms with Crippen LogP contribution in [0.4, 0.5) is 5.69 Å². The van der Waals surface area contributed by atoms with Crippen LogP contribution in [0.3, 0.4) is 0 Å². The van der Waals surface area contributed by atoms with E-state index in [1.807, 2.05) is 62.4 Å². The fourth-order valence-electron chi connectivity index (χ4n) is 3.18. The quantitative estimate of drug-likeness (QED) is 0.693. The first-order valence-electron chi connectivity index (χ1n) is 9.72. The number of hydrogen-bond acceptors (Lipinski definition) is 4. The Morgan fingerprint density at radius 3 is 2.68 bits per heavy atom. The van der Waals surface area contributed by atoms with Gasteiger partial charge >= 0.3 is 6.01 Å². The summed E-state index contributed by atoms with van der Waals surface area (Å²) in [6.07, 6.45) is 3.09. The molecule has 0 spiro atoms. The normalized spacial score (nSPS) is 13.8. The molecule has 0 unspecified atom stereocenters. The summed E-state index contributed by atoms with van der Waals surface area (Å²) in [5.41, 5.74) is 3.71. The molecule has 3 aromatic rings. The SMILES string of the molecule is CCOc1nc(-c2ccc(C)cc2)n(-c2cccc(NC(=O)C3CCC3)c2)n1. The molecule has 1 aliphatic rings. The molecule has 4 rings (SSSR count). The number of anilines is 1. The molecule has 1 amide bonds. The standard InChI is InChI=1S/C22H24N4O2/c1-3-28-22-24-20(16-12-10-15(2)11-13-16)26(25-22)19-9-5-8-18(14-19)23-21(27)17-6-4-7-17/h5,8-14,17H,3-4,6-7H2,1-2H3,(H,23,27). The van der Waals surface area contributed by atoms with Gasteiger partial charge in [-0.05, 0) is 44.9 Å². The van der Waals surface area contributed by atoms with E-state index in [9.17, 15) is 4.79 Å². The second kappa shape index (κ2) is 7.84. The van der Waals surface area contributed by atoms with Crippen LogP contribution in [0.2, 0.25) is 0 Å². The number of nitrogens with one attached hydrogen (secondary N) is 1. The molecule has 0 aliphatic heterocycles. The van der Waals surface area contributed by atoms with Crippen molar-refractivity contribution in [2.45, 2.75) is 33.1 Å². The first kappa shape index (κ1) is 18.2. The largest absolute Gasteiger partial charge is 0.463 e. The van der Waals surface area contributed by atoms with E-state index < -0.39 is 0 Å². The van der Waals surface area contributed by atoms with Crippen molar-refractivity contribution >= 4 is 11.6 Å². The van der Waals surface area contributed by atoms with Gasteiger partial charge in [0.25, 0.3) is 0 Å². The minimum absolute atomic E-state index is 0.0933. The van der Waals surface area contributed by atoms with Crippen LogP contribution in [0.25, 0.3) is 17.1 Å². The van der Waals surface area contributed by atoms with Crippen LogP contribution in [0.1, 0.15) is 31.7 Å². The average Bonchev–Trinajstić information content (AvgIpc) is 3.05. The minimum atomic E-state index is 0.0933. The molecule has 0 bridgehead atoms. The van der Waals surface area contributed by atoms with Gasteiger partial charge in [0.1, 0.15) is 0 Å². The number of amides is 1. The van der Waals surface area contributed by atoms with Crippen molar-refractivity contribution in [2.75, 3.05) is 11.9 Å². The van der Waals surface area contributed by atoms with E-state index in [-0.39, 0.29) is 11.8 Å². The van der Waals surface area contributed by atoms with E-state index in [0.29, 0.717) is 18.4 Å². The van der Waals surface area contributed by atoms with Gasteiger partial charge in [0.15, 0.2) is 5.82 Å². The number of aryl methyl sites for hydroxylation is 1. The van der Waals surface area contributed by atoms with E-state index in [1.54, 1.807) is 4.68 Å². The number of hydrogen-bond donors (Lipinski definition) is 1. The minimum Gasteiger partial charge on any atom is -0.463 e. The molecule has 0 atom stereocenters. The van der Waals surface area contributed by atoms with E-state index in [0.717, 1.165) is 36.2 Å². The molecule has 28 heavy (non-hydrogen) atoms. The summed E-state index contributed by atoms with van der Waals surface area (Å²) in [4.78, 5) is 16.8. The van der Waals surface area contributed by atoms with E-state index >= 15 is 0 Å². The predicted molar refractivity (Wildman–Crippen MR) is 109 cm³/mol. The maximum absolute atomic E-state index is 12.3. The third kappa shape index (κ3) is 3.76. The zero-order valence-electron chi connectivity index (χ0n) is 16.2. The fraction of sp³-hybridized carbons (Fsp3) is 0.318. The van der Waals surface area contributed by atoms with Crippen LogP contribution in [0.15, 0.2) is 48.5 Å². The number of benzene rings is 2. The molecule has 1 heterocycles. The lowest BCUT2D eigenvalue weighted by Crippen LogP contribution is -2.28. The Labute approximate surface area is 164 Å². The van der Waals surface area contributed by atoms with Crippen molar-refractivity contribution in [2.24, 2.45) is 5.92 Å². The van der Waals surface area contributed by atoms with Crippen LogP contribution in [-0.4, -0.2) is 27.3 Å². The zero-order valence-corrected chi connectivity index (χ0v) is 16.2.